The maximum absolute atomic E-state index is 12.6. The summed E-state index contributed by atoms with van der Waals surface area (Å²) in [6, 6.07) is 16.1. The number of hydrogen-bond acceptors (Lipinski definition) is 5. The predicted molar refractivity (Wildman–Crippen MR) is 124 cm³/mol. The van der Waals surface area contributed by atoms with E-state index in [9.17, 15) is 22.8 Å². The molecule has 0 saturated carbocycles. The standard InChI is InChI=1S/C27H25F3O5/c1-2-3-4-5-18-33-22-14-16-24(17-15-22)35-26(32)20-8-12-23(13-9-20)34-25(31)19-6-10-21(11-7-19)27(28,29)30/h6-17H,2-5,18H2,1H3. The predicted octanol–water partition coefficient (Wildman–Crippen LogP) is 7.10. The van der Waals surface area contributed by atoms with Gasteiger partial charge in [-0.3, -0.25) is 0 Å². The molecule has 184 valence electrons. The fourth-order valence-corrected chi connectivity index (χ4v) is 3.11. The van der Waals surface area contributed by atoms with Gasteiger partial charge < -0.3 is 14.2 Å². The monoisotopic (exact) mass is 486 g/mol. The Hall–Kier alpha value is -3.81. The van der Waals surface area contributed by atoms with E-state index >= 15 is 0 Å². The van der Waals surface area contributed by atoms with Crippen LogP contribution in [0, 0.1) is 0 Å². The Balaban J connectivity index is 1.51. The van der Waals surface area contributed by atoms with Crippen molar-refractivity contribution in [3.8, 4) is 17.2 Å². The van der Waals surface area contributed by atoms with Crippen molar-refractivity contribution in [2.24, 2.45) is 0 Å². The largest absolute Gasteiger partial charge is 0.494 e. The molecule has 3 aromatic rings. The fraction of sp³-hybridized carbons (Fsp3) is 0.259. The van der Waals surface area contributed by atoms with Crippen LogP contribution in [-0.4, -0.2) is 18.5 Å². The third-order valence-corrected chi connectivity index (χ3v) is 5.05. The third-order valence-electron chi connectivity index (χ3n) is 5.05. The minimum atomic E-state index is -4.49. The number of rotatable bonds is 10. The van der Waals surface area contributed by atoms with Gasteiger partial charge in [0.05, 0.1) is 23.3 Å². The van der Waals surface area contributed by atoms with Crippen molar-refractivity contribution in [2.45, 2.75) is 38.8 Å². The summed E-state index contributed by atoms with van der Waals surface area (Å²) < 4.78 is 54.1. The molecule has 0 radical (unpaired) electrons. The molecule has 0 atom stereocenters. The average molecular weight is 486 g/mol. The van der Waals surface area contributed by atoms with Crippen molar-refractivity contribution in [3.05, 3.63) is 89.5 Å². The molecule has 0 heterocycles. The van der Waals surface area contributed by atoms with Gasteiger partial charge in [0.15, 0.2) is 0 Å². The molecule has 8 heteroatoms. The number of carbonyl (C=O) groups excluding carboxylic acids is 2. The summed E-state index contributed by atoms with van der Waals surface area (Å²) in [6.45, 7) is 2.78. The van der Waals surface area contributed by atoms with Gasteiger partial charge in [0.25, 0.3) is 0 Å². The van der Waals surface area contributed by atoms with E-state index in [1.165, 1.54) is 30.7 Å². The van der Waals surface area contributed by atoms with Gasteiger partial charge in [-0.25, -0.2) is 9.59 Å². The van der Waals surface area contributed by atoms with E-state index in [1.54, 1.807) is 24.3 Å². The van der Waals surface area contributed by atoms with Gasteiger partial charge in [-0.2, -0.15) is 13.2 Å². The fourth-order valence-electron chi connectivity index (χ4n) is 3.11. The van der Waals surface area contributed by atoms with Crippen molar-refractivity contribution >= 4 is 11.9 Å². The van der Waals surface area contributed by atoms with E-state index in [2.05, 4.69) is 6.92 Å². The summed E-state index contributed by atoms with van der Waals surface area (Å²) in [4.78, 5) is 24.6. The van der Waals surface area contributed by atoms with E-state index in [1.807, 2.05) is 0 Å². The maximum Gasteiger partial charge on any atom is 0.416 e. The topological polar surface area (TPSA) is 61.8 Å². The van der Waals surface area contributed by atoms with Gasteiger partial charge in [0.1, 0.15) is 17.2 Å². The molecule has 0 aliphatic rings. The Morgan fingerprint density at radius 2 is 1.11 bits per heavy atom. The van der Waals surface area contributed by atoms with Gasteiger partial charge in [-0.15, -0.1) is 0 Å². The molecule has 0 aliphatic carbocycles. The van der Waals surface area contributed by atoms with Gasteiger partial charge >= 0.3 is 18.1 Å². The number of esters is 2. The zero-order valence-corrected chi connectivity index (χ0v) is 19.1. The highest BCUT2D eigenvalue weighted by molar-refractivity contribution is 5.92. The quantitative estimate of drug-likeness (QED) is 0.174. The Bertz CT molecular complexity index is 1110. The second-order valence-electron chi connectivity index (χ2n) is 7.76. The van der Waals surface area contributed by atoms with Crippen LogP contribution in [0.25, 0.3) is 0 Å². The summed E-state index contributed by atoms with van der Waals surface area (Å²) >= 11 is 0. The number of unbranched alkanes of at least 4 members (excludes halogenated alkanes) is 3. The van der Waals surface area contributed by atoms with E-state index in [0.717, 1.165) is 43.5 Å². The van der Waals surface area contributed by atoms with Crippen molar-refractivity contribution in [1.82, 2.24) is 0 Å². The number of carbonyl (C=O) groups is 2. The molecule has 3 rings (SSSR count). The first-order chi connectivity index (χ1) is 16.8. The average Bonchev–Trinajstić information content (AvgIpc) is 2.85. The van der Waals surface area contributed by atoms with Crippen molar-refractivity contribution in [3.63, 3.8) is 0 Å². The Morgan fingerprint density at radius 1 is 0.657 bits per heavy atom. The van der Waals surface area contributed by atoms with Crippen molar-refractivity contribution < 1.29 is 37.0 Å². The van der Waals surface area contributed by atoms with Crippen LogP contribution < -0.4 is 14.2 Å². The van der Waals surface area contributed by atoms with Crippen LogP contribution in [0.15, 0.2) is 72.8 Å². The van der Waals surface area contributed by atoms with E-state index in [-0.39, 0.29) is 16.9 Å². The van der Waals surface area contributed by atoms with Crippen LogP contribution in [0.2, 0.25) is 0 Å². The highest BCUT2D eigenvalue weighted by atomic mass is 19.4. The molecule has 3 aromatic carbocycles. The molecule has 0 unspecified atom stereocenters. The molecule has 0 spiro atoms. The lowest BCUT2D eigenvalue weighted by molar-refractivity contribution is -0.137. The third kappa shape index (κ3) is 7.88. The normalized spacial score (nSPS) is 11.1. The summed E-state index contributed by atoms with van der Waals surface area (Å²) in [6.07, 6.45) is -0.0342. The number of alkyl halides is 3. The maximum atomic E-state index is 12.6. The van der Waals surface area contributed by atoms with Gasteiger partial charge in [-0.05, 0) is 79.2 Å². The molecule has 0 amide bonds. The lowest BCUT2D eigenvalue weighted by Crippen LogP contribution is -2.11. The van der Waals surface area contributed by atoms with Gasteiger partial charge in [0, 0.05) is 0 Å². The second kappa shape index (κ2) is 12.1. The minimum Gasteiger partial charge on any atom is -0.494 e. The first-order valence-electron chi connectivity index (χ1n) is 11.2. The molecule has 0 saturated heterocycles. The number of hydrogen-bond donors (Lipinski definition) is 0. The van der Waals surface area contributed by atoms with Crippen LogP contribution in [0.3, 0.4) is 0 Å². The molecule has 0 aliphatic heterocycles. The summed E-state index contributed by atoms with van der Waals surface area (Å²) in [7, 11) is 0. The summed E-state index contributed by atoms with van der Waals surface area (Å²) in [5, 5.41) is 0. The smallest absolute Gasteiger partial charge is 0.416 e. The van der Waals surface area contributed by atoms with Crippen LogP contribution >= 0.6 is 0 Å². The first-order valence-corrected chi connectivity index (χ1v) is 11.2. The molecule has 0 aromatic heterocycles. The molecule has 0 N–H and O–H groups in total. The van der Waals surface area contributed by atoms with Gasteiger partial charge in [-0.1, -0.05) is 26.2 Å². The molecule has 5 nitrogen and oxygen atoms in total. The van der Waals surface area contributed by atoms with E-state index in [4.69, 9.17) is 14.2 Å². The lowest BCUT2D eigenvalue weighted by Gasteiger charge is -2.09. The Morgan fingerprint density at radius 3 is 1.60 bits per heavy atom. The zero-order chi connectivity index (χ0) is 25.3. The van der Waals surface area contributed by atoms with Gasteiger partial charge in [0.2, 0.25) is 0 Å². The van der Waals surface area contributed by atoms with E-state index < -0.39 is 23.7 Å². The van der Waals surface area contributed by atoms with Crippen molar-refractivity contribution in [1.29, 1.82) is 0 Å². The Kier molecular flexibility index (Phi) is 8.89. The number of benzene rings is 3. The molecule has 0 bridgehead atoms. The van der Waals surface area contributed by atoms with Crippen LogP contribution in [0.1, 0.15) is 58.9 Å². The highest BCUT2D eigenvalue weighted by Crippen LogP contribution is 2.29. The van der Waals surface area contributed by atoms with Crippen LogP contribution in [-0.2, 0) is 6.18 Å². The number of ether oxygens (including phenoxy) is 3. The second-order valence-corrected chi connectivity index (χ2v) is 7.76. The highest BCUT2D eigenvalue weighted by Gasteiger charge is 2.30. The van der Waals surface area contributed by atoms with Crippen LogP contribution in [0.5, 0.6) is 17.2 Å². The zero-order valence-electron chi connectivity index (χ0n) is 19.1. The SMILES string of the molecule is CCCCCCOc1ccc(OC(=O)c2ccc(OC(=O)c3ccc(C(F)(F)F)cc3)cc2)cc1. The summed E-state index contributed by atoms with van der Waals surface area (Å²) in [5.41, 5.74) is -0.660. The number of halogens is 3. The Labute approximate surface area is 201 Å². The molecular formula is C27H25F3O5. The van der Waals surface area contributed by atoms with E-state index in [0.29, 0.717) is 18.1 Å². The molecule has 35 heavy (non-hydrogen) atoms. The lowest BCUT2D eigenvalue weighted by atomic mass is 10.1. The molecule has 0 fully saturated rings. The van der Waals surface area contributed by atoms with Crippen LogP contribution in [0.4, 0.5) is 13.2 Å². The molecular weight excluding hydrogens is 461 g/mol. The summed E-state index contributed by atoms with van der Waals surface area (Å²) in [5.74, 6) is -0.237. The van der Waals surface area contributed by atoms with Crippen molar-refractivity contribution in [2.75, 3.05) is 6.61 Å². The first kappa shape index (κ1) is 25.8. The minimum absolute atomic E-state index is 0.0325.